The molecule has 0 saturated heterocycles. The number of hydrogen-bond donors (Lipinski definition) is 3. The first-order valence-electron chi connectivity index (χ1n) is 6.80. The van der Waals surface area contributed by atoms with E-state index in [1.54, 1.807) is 0 Å². The first-order valence-corrected chi connectivity index (χ1v) is 7.79. The number of nitrogens with zero attached hydrogens (tertiary/aromatic N) is 2. The Morgan fingerprint density at radius 2 is 2.13 bits per heavy atom. The zero-order chi connectivity index (χ0) is 16.7. The third-order valence-corrected chi connectivity index (χ3v) is 3.85. The molecule has 2 aromatic rings. The van der Waals surface area contributed by atoms with Crippen molar-refractivity contribution in [1.82, 2.24) is 20.5 Å². The summed E-state index contributed by atoms with van der Waals surface area (Å²) in [6.45, 7) is 0.159. The van der Waals surface area contributed by atoms with E-state index < -0.39 is 11.9 Å². The van der Waals surface area contributed by atoms with Gasteiger partial charge in [0.2, 0.25) is 17.0 Å². The number of nitrogen functional groups attached to an aromatic ring is 1. The van der Waals surface area contributed by atoms with Gasteiger partial charge in [-0.3, -0.25) is 9.59 Å². The highest BCUT2D eigenvalue weighted by Crippen LogP contribution is 2.17. The number of aromatic nitrogens is 3. The number of anilines is 1. The lowest BCUT2D eigenvalue weighted by atomic mass is 9.99. The second-order valence-corrected chi connectivity index (χ2v) is 5.52. The molecule has 0 unspecified atom stereocenters. The maximum absolute atomic E-state index is 11.9. The molecule has 1 aromatic carbocycles. The minimum atomic E-state index is -0.547. The quantitative estimate of drug-likeness (QED) is 0.499. The normalized spacial score (nSPS) is 11.7. The van der Waals surface area contributed by atoms with Gasteiger partial charge in [0, 0.05) is 6.54 Å². The zero-order valence-electron chi connectivity index (χ0n) is 12.5. The van der Waals surface area contributed by atoms with Crippen LogP contribution in [0.25, 0.3) is 0 Å². The number of carbonyl (C=O) groups is 2. The number of nitrogens with two attached hydrogens (primary N) is 1. The fourth-order valence-electron chi connectivity index (χ4n) is 1.88. The highest BCUT2D eigenvalue weighted by molar-refractivity contribution is 7.99. The van der Waals surface area contributed by atoms with Crippen LogP contribution >= 0.6 is 11.8 Å². The first kappa shape index (κ1) is 16.8. The van der Waals surface area contributed by atoms with Crippen LogP contribution in [0.1, 0.15) is 11.5 Å². The number of thioether (sulfide) groups is 1. The molecule has 9 heteroatoms. The van der Waals surface area contributed by atoms with E-state index in [1.165, 1.54) is 7.11 Å². The average Bonchev–Trinajstić information content (AvgIpc) is 2.99. The lowest BCUT2D eigenvalue weighted by molar-refractivity contribution is -0.142. The summed E-state index contributed by atoms with van der Waals surface area (Å²) in [5.74, 6) is -0.855. The number of methoxy groups -OCH3 is 1. The lowest BCUT2D eigenvalue weighted by Crippen LogP contribution is -2.33. The number of H-pyrrole nitrogens is 1. The summed E-state index contributed by atoms with van der Waals surface area (Å²) in [7, 11) is 1.32. The van der Waals surface area contributed by atoms with Crippen molar-refractivity contribution >= 4 is 29.6 Å². The first-order chi connectivity index (χ1) is 11.1. The Morgan fingerprint density at radius 1 is 1.39 bits per heavy atom. The maximum Gasteiger partial charge on any atom is 0.314 e. The number of ether oxygens (including phenoxy) is 1. The molecule has 0 aliphatic rings. The minimum Gasteiger partial charge on any atom is -0.468 e. The summed E-state index contributed by atoms with van der Waals surface area (Å²) in [4.78, 5) is 27.7. The van der Waals surface area contributed by atoms with Crippen molar-refractivity contribution in [2.45, 2.75) is 11.1 Å². The van der Waals surface area contributed by atoms with Crippen molar-refractivity contribution in [1.29, 1.82) is 0 Å². The molecule has 0 fully saturated rings. The smallest absolute Gasteiger partial charge is 0.314 e. The zero-order valence-corrected chi connectivity index (χ0v) is 13.3. The van der Waals surface area contributed by atoms with Crippen molar-refractivity contribution < 1.29 is 14.3 Å². The minimum absolute atomic E-state index is 0.125. The van der Waals surface area contributed by atoms with Crippen LogP contribution < -0.4 is 11.1 Å². The molecule has 1 atom stereocenters. The van der Waals surface area contributed by atoms with E-state index in [0.29, 0.717) is 5.16 Å². The number of hydrogen-bond acceptors (Lipinski definition) is 7. The fraction of sp³-hybridized carbons (Fsp3) is 0.286. The van der Waals surface area contributed by atoms with E-state index in [1.807, 2.05) is 30.3 Å². The average molecular weight is 335 g/mol. The largest absolute Gasteiger partial charge is 0.468 e. The molecule has 0 aliphatic heterocycles. The van der Waals surface area contributed by atoms with Crippen LogP contribution in [0.2, 0.25) is 0 Å². The summed E-state index contributed by atoms with van der Waals surface area (Å²) in [5, 5.41) is 9.42. The molecule has 0 radical (unpaired) electrons. The molecule has 1 aromatic heterocycles. The van der Waals surface area contributed by atoms with Crippen LogP contribution in [0.4, 0.5) is 5.95 Å². The second kappa shape index (κ2) is 8.18. The van der Waals surface area contributed by atoms with Gasteiger partial charge >= 0.3 is 5.97 Å². The summed E-state index contributed by atoms with van der Waals surface area (Å²) in [5.41, 5.74) is 6.19. The highest BCUT2D eigenvalue weighted by Gasteiger charge is 2.22. The summed E-state index contributed by atoms with van der Waals surface area (Å²) >= 11 is 1.15. The van der Waals surface area contributed by atoms with E-state index in [9.17, 15) is 9.59 Å². The molecule has 1 heterocycles. The molecule has 0 saturated carbocycles. The van der Waals surface area contributed by atoms with Gasteiger partial charge in [-0.05, 0) is 5.56 Å². The Balaban J connectivity index is 1.88. The van der Waals surface area contributed by atoms with Crippen LogP contribution in [0.5, 0.6) is 0 Å². The number of amides is 1. The Kier molecular flexibility index (Phi) is 5.98. The fourth-order valence-corrected chi connectivity index (χ4v) is 2.52. The van der Waals surface area contributed by atoms with Gasteiger partial charge in [0.25, 0.3) is 0 Å². The third kappa shape index (κ3) is 4.99. The maximum atomic E-state index is 11.9. The van der Waals surface area contributed by atoms with Gasteiger partial charge in [0.05, 0.1) is 18.8 Å². The van der Waals surface area contributed by atoms with E-state index in [4.69, 9.17) is 10.5 Å². The number of nitrogens with one attached hydrogen (secondary N) is 2. The van der Waals surface area contributed by atoms with E-state index in [2.05, 4.69) is 20.5 Å². The molecule has 2 rings (SSSR count). The molecular formula is C14H17N5O3S. The van der Waals surface area contributed by atoms with Crippen molar-refractivity contribution in [3.8, 4) is 0 Å². The Morgan fingerprint density at radius 3 is 2.74 bits per heavy atom. The van der Waals surface area contributed by atoms with Crippen LogP contribution in [-0.4, -0.2) is 46.5 Å². The molecule has 1 amide bonds. The second-order valence-electron chi connectivity index (χ2n) is 4.58. The van der Waals surface area contributed by atoms with Gasteiger partial charge in [-0.2, -0.15) is 4.98 Å². The summed E-state index contributed by atoms with van der Waals surface area (Å²) in [6.07, 6.45) is 0. The third-order valence-electron chi connectivity index (χ3n) is 3.01. The van der Waals surface area contributed by atoms with Gasteiger partial charge in [0.15, 0.2) is 0 Å². The molecule has 23 heavy (non-hydrogen) atoms. The molecule has 0 bridgehead atoms. The van der Waals surface area contributed by atoms with E-state index >= 15 is 0 Å². The SMILES string of the molecule is COC(=O)[C@@H](CNC(=O)CSc1n[nH]c(N)n1)c1ccccc1. The monoisotopic (exact) mass is 335 g/mol. The van der Waals surface area contributed by atoms with Gasteiger partial charge < -0.3 is 15.8 Å². The van der Waals surface area contributed by atoms with Crippen LogP contribution in [0, 0.1) is 0 Å². The molecular weight excluding hydrogens is 318 g/mol. The van der Waals surface area contributed by atoms with E-state index in [-0.39, 0.29) is 24.2 Å². The molecule has 4 N–H and O–H groups in total. The Bertz CT molecular complexity index is 661. The molecule has 0 spiro atoms. The number of rotatable bonds is 7. The Hall–Kier alpha value is -2.55. The number of carbonyl (C=O) groups excluding carboxylic acids is 2. The van der Waals surface area contributed by atoms with Crippen molar-refractivity contribution in [2.75, 3.05) is 25.1 Å². The van der Waals surface area contributed by atoms with Gasteiger partial charge in [0.1, 0.15) is 0 Å². The van der Waals surface area contributed by atoms with Crippen molar-refractivity contribution in [3.63, 3.8) is 0 Å². The van der Waals surface area contributed by atoms with Crippen LogP contribution in [0.3, 0.4) is 0 Å². The lowest BCUT2D eigenvalue weighted by Gasteiger charge is -2.15. The number of benzene rings is 1. The summed E-state index contributed by atoms with van der Waals surface area (Å²) in [6, 6.07) is 9.15. The predicted molar refractivity (Wildman–Crippen MR) is 85.7 cm³/mol. The van der Waals surface area contributed by atoms with Crippen molar-refractivity contribution in [3.05, 3.63) is 35.9 Å². The Labute approximate surface area is 137 Å². The predicted octanol–water partition coefficient (Wildman–Crippen LogP) is 0.552. The molecule has 8 nitrogen and oxygen atoms in total. The van der Waals surface area contributed by atoms with Crippen molar-refractivity contribution in [2.24, 2.45) is 0 Å². The van der Waals surface area contributed by atoms with Gasteiger partial charge in [-0.25, -0.2) is 5.10 Å². The van der Waals surface area contributed by atoms with Gasteiger partial charge in [-0.15, -0.1) is 5.10 Å². The summed E-state index contributed by atoms with van der Waals surface area (Å²) < 4.78 is 4.80. The van der Waals surface area contributed by atoms with Crippen LogP contribution in [-0.2, 0) is 14.3 Å². The van der Waals surface area contributed by atoms with E-state index in [0.717, 1.165) is 17.3 Å². The number of esters is 1. The van der Waals surface area contributed by atoms with Gasteiger partial charge in [-0.1, -0.05) is 42.1 Å². The number of aromatic amines is 1. The highest BCUT2D eigenvalue weighted by atomic mass is 32.2. The van der Waals surface area contributed by atoms with Crippen LogP contribution in [0.15, 0.2) is 35.5 Å². The topological polar surface area (TPSA) is 123 Å². The standard InChI is InChI=1S/C14H17N5O3S/c1-22-12(21)10(9-5-3-2-4-6-9)7-16-11(20)8-23-14-17-13(15)18-19-14/h2-6,10H,7-8H2,1H3,(H,16,20)(H3,15,17,18,19)/t10-/m0/s1. The molecule has 0 aliphatic carbocycles. The molecule has 122 valence electrons.